The van der Waals surface area contributed by atoms with Gasteiger partial charge in [-0.2, -0.15) is 4.31 Å². The number of sulfonamides is 1. The highest BCUT2D eigenvalue weighted by molar-refractivity contribution is 7.89. The van der Waals surface area contributed by atoms with Crippen molar-refractivity contribution in [3.05, 3.63) is 76.5 Å². The molecule has 15 heteroatoms. The fourth-order valence-corrected chi connectivity index (χ4v) is 8.91. The average Bonchev–Trinajstić information content (AvgIpc) is 3.93. The van der Waals surface area contributed by atoms with Crippen molar-refractivity contribution in [3.8, 4) is 11.5 Å². The Morgan fingerprint density at radius 2 is 1.88 bits per heavy atom. The molecule has 3 aliphatic heterocycles. The third-order valence-electron chi connectivity index (χ3n) is 9.35. The van der Waals surface area contributed by atoms with Crippen LogP contribution in [0.2, 0.25) is 0 Å². The second-order valence-electron chi connectivity index (χ2n) is 13.8. The Hall–Kier alpha value is -3.73. The van der Waals surface area contributed by atoms with Gasteiger partial charge in [0.15, 0.2) is 17.8 Å². The third-order valence-corrected chi connectivity index (χ3v) is 12.0. The van der Waals surface area contributed by atoms with Crippen molar-refractivity contribution in [3.63, 3.8) is 0 Å². The maximum atomic E-state index is 14.4. The molecule has 3 aliphatic rings. The van der Waals surface area contributed by atoms with E-state index in [9.17, 15) is 23.1 Å². The zero-order valence-electron chi connectivity index (χ0n) is 28.7. The van der Waals surface area contributed by atoms with Gasteiger partial charge in [-0.15, -0.1) is 11.3 Å². The number of carbonyl (C=O) groups is 2. The van der Waals surface area contributed by atoms with Crippen LogP contribution in [0.25, 0.3) is 0 Å². The van der Waals surface area contributed by atoms with Crippen LogP contribution in [0.15, 0.2) is 70.9 Å². The van der Waals surface area contributed by atoms with Crippen LogP contribution in [-0.2, 0) is 30.7 Å². The number of hydrogen-bond donors (Lipinski definition) is 3. The summed E-state index contributed by atoms with van der Waals surface area (Å²) in [5.41, 5.74) is 0.269. The molecular formula is C36H45N3O10S2. The van der Waals surface area contributed by atoms with Gasteiger partial charge < -0.3 is 39.4 Å². The molecule has 0 bridgehead atoms. The van der Waals surface area contributed by atoms with E-state index >= 15 is 0 Å². The maximum Gasteiger partial charge on any atom is 0.407 e. The van der Waals surface area contributed by atoms with Crippen LogP contribution >= 0.6 is 11.3 Å². The van der Waals surface area contributed by atoms with E-state index in [1.165, 1.54) is 27.8 Å². The second kappa shape index (κ2) is 16.3. The van der Waals surface area contributed by atoms with Gasteiger partial charge in [-0.3, -0.25) is 4.79 Å². The van der Waals surface area contributed by atoms with E-state index in [4.69, 9.17) is 23.7 Å². The summed E-state index contributed by atoms with van der Waals surface area (Å²) in [6.45, 7) is 4.77. The summed E-state index contributed by atoms with van der Waals surface area (Å²) >= 11 is 1.36. The number of carbonyl (C=O) groups excluding carboxylic acids is 2. The summed E-state index contributed by atoms with van der Waals surface area (Å²) in [6, 6.07) is 16.4. The van der Waals surface area contributed by atoms with Crippen LogP contribution in [0.1, 0.15) is 48.3 Å². The van der Waals surface area contributed by atoms with E-state index in [1.54, 1.807) is 12.1 Å². The van der Waals surface area contributed by atoms with Gasteiger partial charge in [-0.25, -0.2) is 13.2 Å². The van der Waals surface area contributed by atoms with Gasteiger partial charge in [0.25, 0.3) is 5.91 Å². The van der Waals surface area contributed by atoms with Gasteiger partial charge in [0.05, 0.1) is 41.1 Å². The molecule has 2 saturated heterocycles. The molecule has 0 spiro atoms. The Bertz CT molecular complexity index is 1740. The highest BCUT2D eigenvalue weighted by Gasteiger charge is 2.44. The average molecular weight is 744 g/mol. The van der Waals surface area contributed by atoms with Crippen LogP contribution in [0.3, 0.4) is 0 Å². The molecular weight excluding hydrogens is 699 g/mol. The van der Waals surface area contributed by atoms with Crippen molar-refractivity contribution in [2.24, 2.45) is 11.3 Å². The SMILES string of the molecule is CC(C)(CCCNC(=O)c1cccs1)CN(C[C@@H](O)[C@H](Cc1ccccc1)NC(=O)O[C@H]1CO[C@H]2OCC[C@H]21)S(=O)(=O)c1ccc2c(c1)OCO2. The molecule has 0 unspecified atom stereocenters. The summed E-state index contributed by atoms with van der Waals surface area (Å²) in [5.74, 6) is 0.542. The molecule has 51 heavy (non-hydrogen) atoms. The maximum absolute atomic E-state index is 14.4. The molecule has 5 atom stereocenters. The molecule has 6 rings (SSSR count). The number of nitrogens with one attached hydrogen (secondary N) is 2. The number of benzene rings is 2. The van der Waals surface area contributed by atoms with Crippen LogP contribution < -0.4 is 20.1 Å². The highest BCUT2D eigenvalue weighted by Crippen LogP contribution is 2.36. The fraction of sp³-hybridized carbons (Fsp3) is 0.500. The lowest BCUT2D eigenvalue weighted by Crippen LogP contribution is -2.52. The normalized spacial score (nSPS) is 20.9. The minimum Gasteiger partial charge on any atom is -0.454 e. The van der Waals surface area contributed by atoms with Gasteiger partial charge in [-0.05, 0) is 60.2 Å². The molecule has 13 nitrogen and oxygen atoms in total. The molecule has 4 heterocycles. The number of thiophene rings is 1. The summed E-state index contributed by atoms with van der Waals surface area (Å²) in [5, 5.41) is 19.4. The first-order valence-corrected chi connectivity index (χ1v) is 19.4. The Morgan fingerprint density at radius 1 is 1.08 bits per heavy atom. The van der Waals surface area contributed by atoms with E-state index < -0.39 is 46.1 Å². The summed E-state index contributed by atoms with van der Waals surface area (Å²) in [7, 11) is -4.19. The van der Waals surface area contributed by atoms with E-state index in [0.717, 1.165) is 5.56 Å². The minimum atomic E-state index is -4.19. The van der Waals surface area contributed by atoms with Crippen molar-refractivity contribution in [1.29, 1.82) is 0 Å². The van der Waals surface area contributed by atoms with Crippen molar-refractivity contribution < 1.29 is 46.8 Å². The topological polar surface area (TPSA) is 162 Å². The Kier molecular flexibility index (Phi) is 11.8. The number of nitrogens with zero attached hydrogens (tertiary/aromatic N) is 1. The van der Waals surface area contributed by atoms with E-state index in [2.05, 4.69) is 10.6 Å². The zero-order chi connectivity index (χ0) is 36.0. The zero-order valence-corrected chi connectivity index (χ0v) is 30.3. The molecule has 0 radical (unpaired) electrons. The molecule has 3 aromatic rings. The summed E-state index contributed by atoms with van der Waals surface area (Å²) in [6.07, 6.45) is -0.840. The molecule has 0 saturated carbocycles. The number of ether oxygens (including phenoxy) is 5. The molecule has 1 aromatic heterocycles. The smallest absolute Gasteiger partial charge is 0.407 e. The Labute approximate surface area is 302 Å². The van der Waals surface area contributed by atoms with Crippen molar-refractivity contribution in [2.45, 2.75) is 69.0 Å². The number of hydrogen-bond acceptors (Lipinski definition) is 11. The number of alkyl carbamates (subject to hydrolysis) is 1. The fourth-order valence-electron chi connectivity index (χ4n) is 6.61. The summed E-state index contributed by atoms with van der Waals surface area (Å²) < 4.78 is 57.8. The lowest BCUT2D eigenvalue weighted by Gasteiger charge is -2.35. The van der Waals surface area contributed by atoms with Gasteiger partial charge in [0.2, 0.25) is 16.8 Å². The third kappa shape index (κ3) is 9.39. The van der Waals surface area contributed by atoms with Gasteiger partial charge in [-0.1, -0.05) is 50.2 Å². The molecule has 276 valence electrons. The lowest BCUT2D eigenvalue weighted by atomic mass is 9.87. The first-order valence-electron chi connectivity index (χ1n) is 17.1. The van der Waals surface area contributed by atoms with Gasteiger partial charge in [0, 0.05) is 25.7 Å². The predicted molar refractivity (Wildman–Crippen MR) is 188 cm³/mol. The van der Waals surface area contributed by atoms with Crippen molar-refractivity contribution in [2.75, 3.05) is 39.6 Å². The van der Waals surface area contributed by atoms with Gasteiger partial charge >= 0.3 is 6.09 Å². The van der Waals surface area contributed by atoms with E-state index in [1.807, 2.05) is 55.6 Å². The molecule has 0 aliphatic carbocycles. The van der Waals surface area contributed by atoms with Crippen LogP contribution in [0, 0.1) is 11.3 Å². The molecule has 3 N–H and O–H groups in total. The molecule has 2 aromatic carbocycles. The number of fused-ring (bicyclic) bond motifs is 2. The minimum absolute atomic E-state index is 0.0122. The lowest BCUT2D eigenvalue weighted by molar-refractivity contribution is -0.0907. The number of aliphatic hydroxyl groups is 1. The van der Waals surface area contributed by atoms with Crippen molar-refractivity contribution in [1.82, 2.24) is 14.9 Å². The van der Waals surface area contributed by atoms with Crippen LogP contribution in [0.5, 0.6) is 11.5 Å². The Morgan fingerprint density at radius 3 is 2.67 bits per heavy atom. The van der Waals surface area contributed by atoms with Gasteiger partial charge in [0.1, 0.15) is 6.10 Å². The number of aliphatic hydroxyl groups excluding tert-OH is 1. The van der Waals surface area contributed by atoms with Crippen LogP contribution in [0.4, 0.5) is 4.79 Å². The first-order chi connectivity index (χ1) is 24.5. The number of rotatable bonds is 16. The largest absolute Gasteiger partial charge is 0.454 e. The van der Waals surface area contributed by atoms with Crippen molar-refractivity contribution >= 4 is 33.4 Å². The van der Waals surface area contributed by atoms with E-state index in [0.29, 0.717) is 48.8 Å². The molecule has 2 amide bonds. The number of amides is 2. The first kappa shape index (κ1) is 37.0. The molecule has 2 fully saturated rings. The van der Waals surface area contributed by atoms with Crippen LogP contribution in [-0.4, -0.2) is 94.0 Å². The summed E-state index contributed by atoms with van der Waals surface area (Å²) in [4.78, 5) is 26.3. The van der Waals surface area contributed by atoms with E-state index in [-0.39, 0.29) is 49.6 Å². The standard InChI is InChI=1S/C36H45N3O10S2/c1-36(2,14-7-15-37-33(41)32-10-6-17-50-32)22-39(51(43,44)25-11-12-29-30(19-25)48-23-47-29)20-28(40)27(18-24-8-4-3-5-9-24)38-35(42)49-31-21-46-34-26(31)13-16-45-34/h3-6,8-12,17,19,26-28,31,34,40H,7,13-16,18,20-23H2,1-2H3,(H,37,41)(H,38,42)/t26-,27-,28+,31-,34+/m0/s1. The monoisotopic (exact) mass is 743 g/mol. The predicted octanol–water partition coefficient (Wildman–Crippen LogP) is 4.16. The quantitative estimate of drug-likeness (QED) is 0.182. The Balaban J connectivity index is 1.18. The second-order valence-corrected chi connectivity index (χ2v) is 16.7. The highest BCUT2D eigenvalue weighted by atomic mass is 32.2.